The van der Waals surface area contributed by atoms with Crippen LogP contribution in [0.3, 0.4) is 0 Å². The molecule has 0 aliphatic carbocycles. The highest BCUT2D eigenvalue weighted by Crippen LogP contribution is 2.21. The van der Waals surface area contributed by atoms with Gasteiger partial charge in [0.15, 0.2) is 0 Å². The van der Waals surface area contributed by atoms with E-state index in [0.717, 1.165) is 37.8 Å². The van der Waals surface area contributed by atoms with E-state index >= 15 is 0 Å². The van der Waals surface area contributed by atoms with Crippen molar-refractivity contribution < 1.29 is 9.53 Å². The van der Waals surface area contributed by atoms with Gasteiger partial charge in [-0.25, -0.2) is 0 Å². The third-order valence-electron chi connectivity index (χ3n) is 2.97. The molecule has 0 unspecified atom stereocenters. The number of hydrogen-bond acceptors (Lipinski definition) is 5. The Kier molecular flexibility index (Phi) is 3.40. The molecule has 1 saturated heterocycles. The van der Waals surface area contributed by atoms with E-state index in [1.807, 2.05) is 20.8 Å². The quantitative estimate of drug-likeness (QED) is 0.643. The molecule has 0 atom stereocenters. The van der Waals surface area contributed by atoms with Crippen molar-refractivity contribution in [3.05, 3.63) is 11.5 Å². The smallest absolute Gasteiger partial charge is 0.316 e. The summed E-state index contributed by atoms with van der Waals surface area (Å²) in [6.45, 7) is 9.80. The van der Waals surface area contributed by atoms with Crippen LogP contribution in [0.1, 0.15) is 20.8 Å². The molecular weight excluding hydrogens is 218 g/mol. The number of esters is 1. The van der Waals surface area contributed by atoms with Crippen LogP contribution in [0, 0.1) is 5.41 Å². The minimum atomic E-state index is -0.460. The minimum Gasteiger partial charge on any atom is -0.427 e. The Morgan fingerprint density at radius 1 is 1.29 bits per heavy atom. The standard InChI is InChI=1S/C12H21N3O2/c1-12(2,3)11(16)17-10-7-14-8-15-5-4-13-6-9(10)15/h13-14H,4-8H2,1-3H3. The topological polar surface area (TPSA) is 53.6 Å². The summed E-state index contributed by atoms with van der Waals surface area (Å²) in [5.74, 6) is 0.595. The number of carbonyl (C=O) groups excluding carboxylic acids is 1. The molecule has 17 heavy (non-hydrogen) atoms. The van der Waals surface area contributed by atoms with Crippen molar-refractivity contribution >= 4 is 5.97 Å². The van der Waals surface area contributed by atoms with Crippen LogP contribution in [-0.2, 0) is 9.53 Å². The maximum atomic E-state index is 11.9. The highest BCUT2D eigenvalue weighted by atomic mass is 16.5. The normalized spacial score (nSPS) is 21.2. The van der Waals surface area contributed by atoms with Crippen LogP contribution < -0.4 is 10.6 Å². The summed E-state index contributed by atoms with van der Waals surface area (Å²) in [6, 6.07) is 0. The van der Waals surface area contributed by atoms with Crippen LogP contribution in [0.15, 0.2) is 11.5 Å². The van der Waals surface area contributed by atoms with Gasteiger partial charge in [-0.05, 0) is 20.8 Å². The fourth-order valence-corrected chi connectivity index (χ4v) is 1.88. The average Bonchev–Trinajstić information content (AvgIpc) is 2.28. The molecule has 0 amide bonds. The van der Waals surface area contributed by atoms with E-state index in [-0.39, 0.29) is 5.97 Å². The number of fused-ring (bicyclic) bond motifs is 1. The van der Waals surface area contributed by atoms with Crippen molar-refractivity contribution in [3.8, 4) is 0 Å². The number of piperazine rings is 1. The number of rotatable bonds is 1. The third-order valence-corrected chi connectivity index (χ3v) is 2.97. The number of ether oxygens (including phenoxy) is 1. The van der Waals surface area contributed by atoms with Gasteiger partial charge in [-0.1, -0.05) is 0 Å². The van der Waals surface area contributed by atoms with Crippen molar-refractivity contribution in [3.63, 3.8) is 0 Å². The Morgan fingerprint density at radius 2 is 2.06 bits per heavy atom. The van der Waals surface area contributed by atoms with Gasteiger partial charge < -0.3 is 15.0 Å². The van der Waals surface area contributed by atoms with Crippen LogP contribution in [-0.4, -0.2) is 43.7 Å². The summed E-state index contributed by atoms with van der Waals surface area (Å²) >= 11 is 0. The molecule has 0 radical (unpaired) electrons. The number of nitrogens with zero attached hydrogens (tertiary/aromatic N) is 1. The Balaban J connectivity index is 2.13. The van der Waals surface area contributed by atoms with Gasteiger partial charge in [0, 0.05) is 19.6 Å². The van der Waals surface area contributed by atoms with Gasteiger partial charge >= 0.3 is 5.97 Å². The molecule has 0 bridgehead atoms. The molecule has 0 saturated carbocycles. The summed E-state index contributed by atoms with van der Waals surface area (Å²) in [5.41, 5.74) is 0.658. The molecule has 0 aromatic carbocycles. The van der Waals surface area contributed by atoms with E-state index < -0.39 is 5.41 Å². The van der Waals surface area contributed by atoms with E-state index in [2.05, 4.69) is 15.5 Å². The van der Waals surface area contributed by atoms with Crippen LogP contribution in [0.2, 0.25) is 0 Å². The molecule has 2 aliphatic heterocycles. The summed E-state index contributed by atoms with van der Waals surface area (Å²) in [7, 11) is 0. The predicted octanol–water partition coefficient (Wildman–Crippen LogP) is 0.253. The Morgan fingerprint density at radius 3 is 2.76 bits per heavy atom. The van der Waals surface area contributed by atoms with Crippen molar-refractivity contribution in [2.75, 3.05) is 32.8 Å². The molecule has 2 rings (SSSR count). The van der Waals surface area contributed by atoms with Crippen LogP contribution >= 0.6 is 0 Å². The summed E-state index contributed by atoms with van der Waals surface area (Å²) in [4.78, 5) is 14.1. The lowest BCUT2D eigenvalue weighted by atomic mass is 9.97. The summed E-state index contributed by atoms with van der Waals surface area (Å²) in [5, 5.41) is 6.56. The van der Waals surface area contributed by atoms with Gasteiger partial charge in [-0.3, -0.25) is 10.1 Å². The zero-order valence-electron chi connectivity index (χ0n) is 10.8. The van der Waals surface area contributed by atoms with Gasteiger partial charge in [-0.15, -0.1) is 0 Å². The maximum Gasteiger partial charge on any atom is 0.316 e. The largest absolute Gasteiger partial charge is 0.427 e. The highest BCUT2D eigenvalue weighted by Gasteiger charge is 2.29. The van der Waals surface area contributed by atoms with E-state index in [9.17, 15) is 4.79 Å². The zero-order chi connectivity index (χ0) is 12.5. The van der Waals surface area contributed by atoms with Crippen molar-refractivity contribution in [1.29, 1.82) is 0 Å². The van der Waals surface area contributed by atoms with Crippen molar-refractivity contribution in [1.82, 2.24) is 15.5 Å². The monoisotopic (exact) mass is 239 g/mol. The number of carbonyl (C=O) groups is 1. The molecule has 5 heteroatoms. The van der Waals surface area contributed by atoms with Gasteiger partial charge in [0.25, 0.3) is 0 Å². The van der Waals surface area contributed by atoms with E-state index in [1.165, 1.54) is 0 Å². The predicted molar refractivity (Wildman–Crippen MR) is 65.0 cm³/mol. The highest BCUT2D eigenvalue weighted by molar-refractivity contribution is 5.76. The second-order valence-corrected chi connectivity index (χ2v) is 5.53. The van der Waals surface area contributed by atoms with Gasteiger partial charge in [0.1, 0.15) is 5.76 Å². The van der Waals surface area contributed by atoms with Crippen LogP contribution in [0.5, 0.6) is 0 Å². The minimum absolute atomic E-state index is 0.172. The number of hydrogen-bond donors (Lipinski definition) is 2. The first kappa shape index (κ1) is 12.4. The van der Waals surface area contributed by atoms with E-state index in [0.29, 0.717) is 6.54 Å². The molecule has 1 fully saturated rings. The van der Waals surface area contributed by atoms with Crippen LogP contribution in [0.25, 0.3) is 0 Å². The van der Waals surface area contributed by atoms with Crippen molar-refractivity contribution in [2.45, 2.75) is 20.8 Å². The lowest BCUT2D eigenvalue weighted by Gasteiger charge is -2.37. The molecule has 2 aliphatic rings. The molecule has 0 spiro atoms. The third kappa shape index (κ3) is 2.79. The van der Waals surface area contributed by atoms with E-state index in [4.69, 9.17) is 4.74 Å². The molecular formula is C12H21N3O2. The van der Waals surface area contributed by atoms with Gasteiger partial charge in [0.05, 0.1) is 24.3 Å². The van der Waals surface area contributed by atoms with E-state index in [1.54, 1.807) is 0 Å². The fraction of sp³-hybridized carbons (Fsp3) is 0.750. The maximum absolute atomic E-state index is 11.9. The Hall–Kier alpha value is -1.07. The first-order valence-electron chi connectivity index (χ1n) is 6.09. The number of nitrogens with one attached hydrogen (secondary N) is 2. The lowest BCUT2D eigenvalue weighted by molar-refractivity contribution is -0.149. The molecule has 2 heterocycles. The zero-order valence-corrected chi connectivity index (χ0v) is 10.8. The Bertz CT molecular complexity index is 344. The van der Waals surface area contributed by atoms with Gasteiger partial charge in [-0.2, -0.15) is 0 Å². The average molecular weight is 239 g/mol. The Labute approximate surface area is 102 Å². The first-order valence-corrected chi connectivity index (χ1v) is 6.09. The van der Waals surface area contributed by atoms with Crippen LogP contribution in [0.4, 0.5) is 0 Å². The lowest BCUT2D eigenvalue weighted by Crippen LogP contribution is -2.50. The summed E-state index contributed by atoms with van der Waals surface area (Å²) < 4.78 is 5.52. The molecule has 5 nitrogen and oxygen atoms in total. The molecule has 96 valence electrons. The second kappa shape index (κ2) is 4.66. The first-order chi connectivity index (χ1) is 7.98. The SMILES string of the molecule is CC(C)(C)C(=O)OC1=C2CNCCN2CNC1. The summed E-state index contributed by atoms with van der Waals surface area (Å²) in [6.07, 6.45) is 0. The molecule has 0 aromatic rings. The molecule has 0 aromatic heterocycles. The molecule has 2 N–H and O–H groups in total. The second-order valence-electron chi connectivity index (χ2n) is 5.53. The fourth-order valence-electron chi connectivity index (χ4n) is 1.88. The van der Waals surface area contributed by atoms with Gasteiger partial charge in [0.2, 0.25) is 0 Å². The van der Waals surface area contributed by atoms with Crippen molar-refractivity contribution in [2.24, 2.45) is 5.41 Å².